The van der Waals surface area contributed by atoms with Gasteiger partial charge in [0.15, 0.2) is 0 Å². The average molecular weight is 270 g/mol. The van der Waals surface area contributed by atoms with Gasteiger partial charge in [0.2, 0.25) is 23.8 Å². The SMILES string of the molecule is CON=[N+]([O-])C1([N+]([O-])=NOC)COS(=O)OC1. The van der Waals surface area contributed by atoms with Gasteiger partial charge >= 0.3 is 17.0 Å². The van der Waals surface area contributed by atoms with Crippen LogP contribution in [0.3, 0.4) is 0 Å². The minimum atomic E-state index is -2.02. The van der Waals surface area contributed by atoms with Crippen molar-refractivity contribution in [1.82, 2.24) is 0 Å². The molecule has 0 amide bonds. The Balaban J connectivity index is 3.05. The van der Waals surface area contributed by atoms with E-state index < -0.39 is 30.2 Å². The monoisotopic (exact) mass is 270 g/mol. The first-order chi connectivity index (χ1) is 8.06. The van der Waals surface area contributed by atoms with Crippen molar-refractivity contribution in [3.05, 3.63) is 10.4 Å². The molecule has 0 aromatic rings. The van der Waals surface area contributed by atoms with Gasteiger partial charge in [-0.15, -0.1) is 0 Å². The van der Waals surface area contributed by atoms with E-state index in [1.807, 2.05) is 0 Å². The van der Waals surface area contributed by atoms with E-state index >= 15 is 0 Å². The van der Waals surface area contributed by atoms with E-state index in [0.29, 0.717) is 0 Å². The zero-order chi connectivity index (χ0) is 12.9. The van der Waals surface area contributed by atoms with Crippen LogP contribution in [0, 0.1) is 10.4 Å². The molecule has 1 rings (SSSR count). The summed E-state index contributed by atoms with van der Waals surface area (Å²) in [5, 5.41) is 29.1. The molecule has 1 heterocycles. The molecule has 0 bridgehead atoms. The van der Waals surface area contributed by atoms with Gasteiger partial charge in [0.05, 0.1) is 0 Å². The van der Waals surface area contributed by atoms with E-state index in [1.165, 1.54) is 0 Å². The molecule has 1 aliphatic heterocycles. The molecule has 0 unspecified atom stereocenters. The van der Waals surface area contributed by atoms with E-state index in [-0.39, 0.29) is 9.72 Å². The second-order valence-electron chi connectivity index (χ2n) is 2.79. The smallest absolute Gasteiger partial charge is 0.472 e. The van der Waals surface area contributed by atoms with Crippen LogP contribution in [0.25, 0.3) is 0 Å². The van der Waals surface area contributed by atoms with Crippen LogP contribution in [0.4, 0.5) is 0 Å². The quantitative estimate of drug-likeness (QED) is 0.287. The molecule has 0 aromatic heterocycles. The summed E-state index contributed by atoms with van der Waals surface area (Å²) in [5.74, 6) is 0. The topological polar surface area (TPSA) is 131 Å². The largest absolute Gasteiger partial charge is 0.592 e. The van der Waals surface area contributed by atoms with Crippen LogP contribution < -0.4 is 0 Å². The lowest BCUT2D eigenvalue weighted by Crippen LogP contribution is -2.57. The highest BCUT2D eigenvalue weighted by atomic mass is 32.2. The van der Waals surface area contributed by atoms with Crippen LogP contribution in [0.15, 0.2) is 10.6 Å². The third kappa shape index (κ3) is 2.78. The Morgan fingerprint density at radius 3 is 1.94 bits per heavy atom. The maximum Gasteiger partial charge on any atom is 0.472 e. The van der Waals surface area contributed by atoms with E-state index in [1.54, 1.807) is 0 Å². The van der Waals surface area contributed by atoms with Gasteiger partial charge in [0, 0.05) is 9.72 Å². The molecule has 0 radical (unpaired) electrons. The first kappa shape index (κ1) is 13.5. The van der Waals surface area contributed by atoms with Crippen molar-refractivity contribution < 1.29 is 32.0 Å². The molecule has 0 spiro atoms. The van der Waals surface area contributed by atoms with Gasteiger partial charge in [0.25, 0.3) is 0 Å². The van der Waals surface area contributed by atoms with Crippen molar-refractivity contribution in [1.29, 1.82) is 0 Å². The fraction of sp³-hybridized carbons (Fsp3) is 1.00. The summed E-state index contributed by atoms with van der Waals surface area (Å²) in [5.41, 5.74) is -1.99. The molecular weight excluding hydrogens is 260 g/mol. The highest BCUT2D eigenvalue weighted by molar-refractivity contribution is 7.75. The summed E-state index contributed by atoms with van der Waals surface area (Å²) < 4.78 is 19.9. The fourth-order valence-electron chi connectivity index (χ4n) is 0.955. The number of hydrogen-bond donors (Lipinski definition) is 0. The van der Waals surface area contributed by atoms with Gasteiger partial charge in [0.1, 0.15) is 14.2 Å². The maximum atomic E-state index is 11.6. The summed E-state index contributed by atoms with van der Waals surface area (Å²) in [6, 6.07) is 0. The molecule has 1 aliphatic rings. The summed E-state index contributed by atoms with van der Waals surface area (Å²) >= 11 is -2.02. The molecule has 17 heavy (non-hydrogen) atoms. The van der Waals surface area contributed by atoms with Crippen LogP contribution in [0.2, 0.25) is 0 Å². The van der Waals surface area contributed by atoms with Gasteiger partial charge in [-0.25, -0.2) is 0 Å². The van der Waals surface area contributed by atoms with Gasteiger partial charge in [-0.2, -0.15) is 4.21 Å². The average Bonchev–Trinajstić information content (AvgIpc) is 2.31. The Bertz CT molecular complexity index is 326. The first-order valence-corrected chi connectivity index (χ1v) is 5.18. The molecule has 11 nitrogen and oxygen atoms in total. The standard InChI is InChI=1S/C5H10N4O7S/c1-13-6-8(10)5(9(11)7-14-2)3-15-17(12)16-4-5/h3-4H2,1-2H3. The third-order valence-corrected chi connectivity index (χ3v) is 2.42. The summed E-state index contributed by atoms with van der Waals surface area (Å²) in [7, 11) is 2.23. The molecule has 1 fully saturated rings. The van der Waals surface area contributed by atoms with Crippen LogP contribution in [-0.4, -0.2) is 47.0 Å². The lowest BCUT2D eigenvalue weighted by atomic mass is 10.2. The number of rotatable bonds is 4. The predicted octanol–water partition coefficient (Wildman–Crippen LogP) is -0.644. The van der Waals surface area contributed by atoms with Crippen molar-refractivity contribution in [3.63, 3.8) is 0 Å². The maximum absolute atomic E-state index is 11.6. The molecular formula is C5H10N4O7S. The molecule has 0 saturated carbocycles. The normalized spacial score (nSPS) is 31.1. The second-order valence-corrected chi connectivity index (χ2v) is 3.66. The number of hydrogen-bond acceptors (Lipinski definition) is 9. The van der Waals surface area contributed by atoms with E-state index in [2.05, 4.69) is 28.6 Å². The number of nitrogens with zero attached hydrogens (tertiary/aromatic N) is 4. The Morgan fingerprint density at radius 2 is 1.59 bits per heavy atom. The summed E-state index contributed by atoms with van der Waals surface area (Å²) in [6.07, 6.45) is 0. The van der Waals surface area contributed by atoms with Gasteiger partial charge < -0.3 is 20.1 Å². The van der Waals surface area contributed by atoms with Crippen LogP contribution in [-0.2, 0) is 29.4 Å². The molecule has 12 heteroatoms. The summed E-state index contributed by atoms with van der Waals surface area (Å²) in [6.45, 7) is -1.10. The molecule has 98 valence electrons. The lowest BCUT2D eigenvalue weighted by molar-refractivity contribution is -0.849. The van der Waals surface area contributed by atoms with Gasteiger partial charge in [-0.3, -0.25) is 8.37 Å². The van der Waals surface area contributed by atoms with Gasteiger partial charge in [-0.05, 0) is 0 Å². The predicted molar refractivity (Wildman–Crippen MR) is 48.9 cm³/mol. The molecule has 0 aromatic carbocycles. The van der Waals surface area contributed by atoms with Crippen molar-refractivity contribution in [2.24, 2.45) is 10.6 Å². The first-order valence-electron chi connectivity index (χ1n) is 4.18. The highest BCUT2D eigenvalue weighted by Crippen LogP contribution is 2.20. The Kier molecular flexibility index (Phi) is 4.53. The third-order valence-electron chi connectivity index (χ3n) is 1.80. The molecule has 0 aliphatic carbocycles. The zero-order valence-electron chi connectivity index (χ0n) is 8.97. The minimum Gasteiger partial charge on any atom is -0.592 e. The van der Waals surface area contributed by atoms with Crippen LogP contribution in [0.5, 0.6) is 0 Å². The number of hydroxylamine groups is 2. The lowest BCUT2D eigenvalue weighted by Gasteiger charge is -2.25. The van der Waals surface area contributed by atoms with Crippen LogP contribution >= 0.6 is 0 Å². The molecule has 1 saturated heterocycles. The second kappa shape index (κ2) is 5.70. The minimum absolute atomic E-state index is 0.0983. The van der Waals surface area contributed by atoms with Gasteiger partial charge in [-0.1, -0.05) is 0 Å². The van der Waals surface area contributed by atoms with Crippen LogP contribution in [0.1, 0.15) is 0 Å². The zero-order valence-corrected chi connectivity index (χ0v) is 9.79. The van der Waals surface area contributed by atoms with Crippen molar-refractivity contribution in [2.45, 2.75) is 5.66 Å². The Morgan fingerprint density at radius 1 is 1.18 bits per heavy atom. The van der Waals surface area contributed by atoms with Crippen molar-refractivity contribution in [3.8, 4) is 0 Å². The van der Waals surface area contributed by atoms with E-state index in [9.17, 15) is 14.6 Å². The van der Waals surface area contributed by atoms with Crippen molar-refractivity contribution in [2.75, 3.05) is 27.4 Å². The molecule has 0 atom stereocenters. The van der Waals surface area contributed by atoms with E-state index in [0.717, 1.165) is 14.2 Å². The molecule has 0 N–H and O–H groups in total. The Labute approximate surface area is 98.2 Å². The highest BCUT2D eigenvalue weighted by Gasteiger charge is 2.58. The van der Waals surface area contributed by atoms with E-state index in [4.69, 9.17) is 0 Å². The summed E-state index contributed by atoms with van der Waals surface area (Å²) in [4.78, 5) is 8.28. The Hall–Kier alpha value is -1.53. The fourth-order valence-corrected chi connectivity index (χ4v) is 1.59. The van der Waals surface area contributed by atoms with Crippen molar-refractivity contribution >= 4 is 11.4 Å².